The zero-order chi connectivity index (χ0) is 77.9. The molecule has 554 valence electrons. The van der Waals surface area contributed by atoms with Gasteiger partial charge in [0.1, 0.15) is 0 Å². The molecule has 0 spiro atoms. The van der Waals surface area contributed by atoms with Crippen LogP contribution < -0.4 is 21.9 Å². The topological polar surface area (TPSA) is 138 Å². The number of rotatable bonds is 8. The smallest absolute Gasteiger partial charge is 0.423 e. The maximum Gasteiger partial charge on any atom is 0.494 e. The van der Waals surface area contributed by atoms with Crippen molar-refractivity contribution in [2.75, 3.05) is 0 Å². The molecule has 0 bridgehead atoms. The van der Waals surface area contributed by atoms with Gasteiger partial charge in [-0.25, -0.2) is 0 Å². The molecule has 12 nitrogen and oxygen atoms in total. The van der Waals surface area contributed by atoms with E-state index in [4.69, 9.17) is 18.6 Å². The van der Waals surface area contributed by atoms with E-state index in [2.05, 4.69) is 304 Å². The summed E-state index contributed by atoms with van der Waals surface area (Å²) in [6, 6.07) is 116. The molecule has 14 aromatic carbocycles. The quantitative estimate of drug-likeness (QED) is 0.110. The Kier molecular flexibility index (Phi) is 19.7. The molecule has 113 heavy (non-hydrogen) atoms. The van der Waals surface area contributed by atoms with Crippen molar-refractivity contribution in [3.05, 3.63) is 351 Å². The molecular formula is C97H86B4N4O8. The lowest BCUT2D eigenvalue weighted by molar-refractivity contribution is 0.00578. The van der Waals surface area contributed by atoms with E-state index in [1.807, 2.05) is 91.0 Å². The lowest BCUT2D eigenvalue weighted by Crippen LogP contribution is -2.41. The summed E-state index contributed by atoms with van der Waals surface area (Å²) in [4.78, 5) is 0. The highest BCUT2D eigenvalue weighted by Crippen LogP contribution is 2.42. The largest absolute Gasteiger partial charge is 0.494 e. The Hall–Kier alpha value is -11.8. The maximum atomic E-state index is 9.42. The third-order valence-electron chi connectivity index (χ3n) is 23.2. The van der Waals surface area contributed by atoms with E-state index < -0.39 is 14.2 Å². The number of fused-ring (bicyclic) bond motifs is 15. The summed E-state index contributed by atoms with van der Waals surface area (Å²) in [5.74, 6) is 0. The first kappa shape index (κ1) is 74.0. The summed E-state index contributed by atoms with van der Waals surface area (Å²) in [6.45, 7) is 16.7. The second-order valence-corrected chi connectivity index (χ2v) is 31.3. The van der Waals surface area contributed by atoms with Gasteiger partial charge in [-0.3, -0.25) is 0 Å². The van der Waals surface area contributed by atoms with Gasteiger partial charge in [0.15, 0.2) is 0 Å². The van der Waals surface area contributed by atoms with E-state index in [0.29, 0.717) is 10.9 Å². The highest BCUT2D eigenvalue weighted by atomic mass is 16.7. The minimum Gasteiger partial charge on any atom is -0.423 e. The Morgan fingerprint density at radius 3 is 0.956 bits per heavy atom. The predicted octanol–water partition coefficient (Wildman–Crippen LogP) is 18.4. The van der Waals surface area contributed by atoms with E-state index in [-0.39, 0.29) is 36.6 Å². The Balaban J connectivity index is 0.000000104. The average molecular weight is 1480 g/mol. The van der Waals surface area contributed by atoms with Crippen molar-refractivity contribution in [3.8, 4) is 33.9 Å². The molecule has 0 unspecified atom stereocenters. The average Bonchev–Trinajstić information content (AvgIpc) is 1.59. The zero-order valence-corrected chi connectivity index (χ0v) is 64.6. The van der Waals surface area contributed by atoms with Crippen molar-refractivity contribution in [1.29, 1.82) is 0 Å². The highest BCUT2D eigenvalue weighted by molar-refractivity contribution is 6.63. The molecule has 21 rings (SSSR count). The molecule has 0 atom stereocenters. The molecule has 1 aliphatic carbocycles. The molecule has 16 heteroatoms. The molecule has 4 aromatic heterocycles. The van der Waals surface area contributed by atoms with Gasteiger partial charge >= 0.3 is 28.5 Å². The monoisotopic (exact) mass is 1480 g/mol. The van der Waals surface area contributed by atoms with Crippen molar-refractivity contribution < 1.29 is 38.7 Å². The van der Waals surface area contributed by atoms with Gasteiger partial charge in [0.2, 0.25) is 0 Å². The fourth-order valence-electron chi connectivity index (χ4n) is 16.0. The summed E-state index contributed by atoms with van der Waals surface area (Å²) in [6.07, 6.45) is 1.10. The molecule has 0 amide bonds. The van der Waals surface area contributed by atoms with Crippen molar-refractivity contribution in [3.63, 3.8) is 0 Å². The Bertz CT molecular complexity index is 6360. The molecule has 0 radical (unpaired) electrons. The lowest BCUT2D eigenvalue weighted by atomic mass is 9.78. The number of para-hydroxylation sites is 8. The Morgan fingerprint density at radius 2 is 0.549 bits per heavy atom. The Labute approximate surface area is 659 Å². The van der Waals surface area contributed by atoms with E-state index in [9.17, 15) is 20.1 Å². The van der Waals surface area contributed by atoms with Crippen LogP contribution in [0.2, 0.25) is 0 Å². The van der Waals surface area contributed by atoms with Gasteiger partial charge in [-0.2, -0.15) is 0 Å². The second kappa shape index (κ2) is 30.0. The standard InChI is InChI=1S/2C24H24BNO2.2C18H14BNO2.C13H10/c1-23(2)24(3,4)28-25(27-23)17-14-15-22-20(16-17)19-12-8-9-13-21(19)26(22)18-10-6-5-7-11-18;1-23(2)24(3,4)28-25(27-23)17-14-15-20-19-12-8-9-13-21(19)26(22(20)16-17)18-10-6-5-7-11-18;21-19(22)13-6-5-7-14(12-13)20-17-10-3-1-8-15(17)16-9-2-4-11-18(16)20;21-19(22)13-9-11-14(12-10-13)20-17-7-3-1-5-15(17)16-6-2-4-8-18(16)20;1-3-7-12-10(5-1)9-11-6-2-4-8-13(11)12/h2*5-16H,1-4H3;2*1-12,21-22H;1-8H,9H2. The van der Waals surface area contributed by atoms with Gasteiger partial charge in [0.05, 0.1) is 66.5 Å². The minimum atomic E-state index is -1.46. The van der Waals surface area contributed by atoms with Crippen LogP contribution in [0.25, 0.3) is 121 Å². The summed E-state index contributed by atoms with van der Waals surface area (Å²) < 4.78 is 34.1. The van der Waals surface area contributed by atoms with Gasteiger partial charge in [0.25, 0.3) is 0 Å². The van der Waals surface area contributed by atoms with Crippen LogP contribution in [0, 0.1) is 0 Å². The number of nitrogens with zero attached hydrogens (tertiary/aromatic N) is 4. The van der Waals surface area contributed by atoms with Crippen LogP contribution in [0.5, 0.6) is 0 Å². The maximum absolute atomic E-state index is 9.42. The molecular weight excluding hydrogens is 1390 g/mol. The summed E-state index contributed by atoms with van der Waals surface area (Å²) in [5.41, 5.74) is 20.9. The normalized spacial score (nSPS) is 14.8. The molecule has 6 heterocycles. The number of hydrogen-bond donors (Lipinski definition) is 4. The molecule has 3 aliphatic rings. The van der Waals surface area contributed by atoms with Crippen LogP contribution >= 0.6 is 0 Å². The summed E-state index contributed by atoms with van der Waals surface area (Å²) >= 11 is 0. The molecule has 4 N–H and O–H groups in total. The Morgan fingerprint density at radius 1 is 0.248 bits per heavy atom. The first-order valence-electron chi connectivity index (χ1n) is 38.6. The fraction of sp³-hybridized carbons (Fsp3) is 0.134. The molecule has 2 saturated heterocycles. The SMILES string of the molecule is CC1(C)OB(c2ccc3c(c2)c2ccccc2n3-c2ccccc2)OC1(C)C.CC1(C)OB(c2ccc3c4ccccc4n(-c4ccccc4)c3c2)OC1(C)C.OB(O)c1ccc(-n2c3ccccc3c3ccccc32)cc1.OB(O)c1cccc(-n2c3ccccc3c3ccccc32)c1.c1ccc2c(c1)Cc1ccccc1-2. The van der Waals surface area contributed by atoms with Crippen LogP contribution in [-0.4, -0.2) is 89.2 Å². The summed E-state index contributed by atoms with van der Waals surface area (Å²) in [7, 11) is -3.62. The minimum absolute atomic E-state index is 0.343. The van der Waals surface area contributed by atoms with E-state index in [1.54, 1.807) is 18.2 Å². The van der Waals surface area contributed by atoms with Crippen LogP contribution in [0.4, 0.5) is 0 Å². The molecule has 2 aliphatic heterocycles. The van der Waals surface area contributed by atoms with Crippen molar-refractivity contribution in [2.45, 2.75) is 84.2 Å². The molecule has 18 aromatic rings. The van der Waals surface area contributed by atoms with Gasteiger partial charge < -0.3 is 57.0 Å². The molecule has 2 fully saturated rings. The van der Waals surface area contributed by atoms with Gasteiger partial charge in [-0.05, 0) is 203 Å². The number of aromatic nitrogens is 4. The van der Waals surface area contributed by atoms with Crippen molar-refractivity contribution in [1.82, 2.24) is 18.3 Å². The highest BCUT2D eigenvalue weighted by Gasteiger charge is 2.53. The third-order valence-corrected chi connectivity index (χ3v) is 23.2. The molecule has 0 saturated carbocycles. The number of benzene rings is 14. The van der Waals surface area contributed by atoms with Crippen molar-refractivity contribution in [2.24, 2.45) is 0 Å². The van der Waals surface area contributed by atoms with E-state index in [0.717, 1.165) is 62.2 Å². The summed E-state index contributed by atoms with van der Waals surface area (Å²) in [5, 5.41) is 47.1. The van der Waals surface area contributed by atoms with Crippen LogP contribution in [0.1, 0.15) is 66.5 Å². The predicted molar refractivity (Wildman–Crippen MR) is 469 cm³/mol. The van der Waals surface area contributed by atoms with Gasteiger partial charge in [-0.15, -0.1) is 0 Å². The number of hydrogen-bond acceptors (Lipinski definition) is 8. The van der Waals surface area contributed by atoms with E-state index >= 15 is 0 Å². The van der Waals surface area contributed by atoms with Gasteiger partial charge in [-0.1, -0.05) is 243 Å². The lowest BCUT2D eigenvalue weighted by Gasteiger charge is -2.32. The first-order chi connectivity index (χ1) is 54.7. The van der Waals surface area contributed by atoms with Crippen molar-refractivity contribution >= 4 is 138 Å². The first-order valence-corrected chi connectivity index (χ1v) is 38.6. The second-order valence-electron chi connectivity index (χ2n) is 31.3. The van der Waals surface area contributed by atoms with Crippen LogP contribution in [0.15, 0.2) is 340 Å². The third kappa shape index (κ3) is 13.8. The van der Waals surface area contributed by atoms with Crippen LogP contribution in [0.3, 0.4) is 0 Å². The van der Waals surface area contributed by atoms with E-state index in [1.165, 1.54) is 87.4 Å². The van der Waals surface area contributed by atoms with Gasteiger partial charge in [0, 0.05) is 65.8 Å². The zero-order valence-electron chi connectivity index (χ0n) is 64.6. The van der Waals surface area contributed by atoms with Crippen LogP contribution in [-0.2, 0) is 25.0 Å². The fourth-order valence-corrected chi connectivity index (χ4v) is 16.0.